The number of rotatable bonds is 4. The summed E-state index contributed by atoms with van der Waals surface area (Å²) in [6.07, 6.45) is 6.89. The Bertz CT molecular complexity index is 705. The molecule has 1 saturated carbocycles. The van der Waals surface area contributed by atoms with Gasteiger partial charge >= 0.3 is 0 Å². The molecule has 3 rings (SSSR count). The van der Waals surface area contributed by atoms with E-state index in [1.807, 2.05) is 37.3 Å². The number of hydrogen-bond acceptors (Lipinski definition) is 4. The number of anilines is 1. The molecule has 0 unspecified atom stereocenters. The maximum atomic E-state index is 12.3. The number of benzene rings is 1. The van der Waals surface area contributed by atoms with Crippen LogP contribution >= 0.6 is 24.8 Å². The number of carbonyl (C=O) groups excluding carboxylic acids is 1. The Morgan fingerprint density at radius 1 is 1.24 bits per heavy atom. The second kappa shape index (κ2) is 9.04. The Labute approximate surface area is 160 Å². The zero-order valence-electron chi connectivity index (χ0n) is 14.0. The lowest BCUT2D eigenvalue weighted by atomic mass is 9.98. The third-order valence-corrected chi connectivity index (χ3v) is 4.24. The van der Waals surface area contributed by atoms with Gasteiger partial charge in [0, 0.05) is 11.9 Å². The predicted molar refractivity (Wildman–Crippen MR) is 104 cm³/mol. The Hall–Kier alpha value is -1.82. The minimum absolute atomic E-state index is 0. The van der Waals surface area contributed by atoms with Gasteiger partial charge in [-0.05, 0) is 55.7 Å². The van der Waals surface area contributed by atoms with Crippen molar-refractivity contribution in [2.24, 2.45) is 5.73 Å². The SMILES string of the molecule is Cc1cc(NC(=O)C2(N)CCCC2)ccc1Oc1cccnc1.Cl.Cl. The van der Waals surface area contributed by atoms with Crippen LogP contribution in [-0.2, 0) is 4.79 Å². The van der Waals surface area contributed by atoms with Gasteiger partial charge in [0.25, 0.3) is 0 Å². The van der Waals surface area contributed by atoms with Crippen LogP contribution in [0, 0.1) is 6.92 Å². The fourth-order valence-electron chi connectivity index (χ4n) is 2.86. The average molecular weight is 384 g/mol. The Balaban J connectivity index is 0.00000156. The smallest absolute Gasteiger partial charge is 0.244 e. The van der Waals surface area contributed by atoms with E-state index < -0.39 is 5.54 Å². The monoisotopic (exact) mass is 383 g/mol. The van der Waals surface area contributed by atoms with E-state index in [-0.39, 0.29) is 30.7 Å². The quantitative estimate of drug-likeness (QED) is 0.827. The molecule has 25 heavy (non-hydrogen) atoms. The summed E-state index contributed by atoms with van der Waals surface area (Å²) in [5, 5.41) is 2.92. The minimum Gasteiger partial charge on any atom is -0.455 e. The molecule has 5 nitrogen and oxygen atoms in total. The fourth-order valence-corrected chi connectivity index (χ4v) is 2.86. The van der Waals surface area contributed by atoms with Crippen LogP contribution in [-0.4, -0.2) is 16.4 Å². The van der Waals surface area contributed by atoms with E-state index in [0.717, 1.165) is 42.7 Å². The average Bonchev–Trinajstić information content (AvgIpc) is 2.99. The number of halogens is 2. The van der Waals surface area contributed by atoms with E-state index in [1.54, 1.807) is 12.4 Å². The van der Waals surface area contributed by atoms with Crippen LogP contribution in [0.5, 0.6) is 11.5 Å². The van der Waals surface area contributed by atoms with Gasteiger partial charge in [0.05, 0.1) is 11.7 Å². The lowest BCUT2D eigenvalue weighted by Gasteiger charge is -2.22. The number of nitrogens with one attached hydrogen (secondary N) is 1. The van der Waals surface area contributed by atoms with Crippen molar-refractivity contribution < 1.29 is 9.53 Å². The van der Waals surface area contributed by atoms with Crippen molar-refractivity contribution in [3.05, 3.63) is 48.3 Å². The standard InChI is InChI=1S/C18H21N3O2.2ClH/c1-13-11-14(21-17(22)18(19)8-2-3-9-18)6-7-16(13)23-15-5-4-10-20-12-15;;/h4-7,10-12H,2-3,8-9,19H2,1H3,(H,21,22);2*1H. The molecule has 136 valence electrons. The maximum Gasteiger partial charge on any atom is 0.244 e. The van der Waals surface area contributed by atoms with Gasteiger partial charge in [0.2, 0.25) is 5.91 Å². The first-order valence-corrected chi connectivity index (χ1v) is 7.86. The Morgan fingerprint density at radius 3 is 2.56 bits per heavy atom. The normalized spacial score (nSPS) is 14.8. The number of amides is 1. The summed E-state index contributed by atoms with van der Waals surface area (Å²) >= 11 is 0. The summed E-state index contributed by atoms with van der Waals surface area (Å²) in [4.78, 5) is 16.4. The van der Waals surface area contributed by atoms with Gasteiger partial charge in [-0.3, -0.25) is 9.78 Å². The number of nitrogens with two attached hydrogens (primary N) is 1. The van der Waals surface area contributed by atoms with Gasteiger partial charge in [0.15, 0.2) is 0 Å². The molecular formula is C18H23Cl2N3O2. The zero-order chi connectivity index (χ0) is 16.3. The van der Waals surface area contributed by atoms with Crippen LogP contribution in [0.3, 0.4) is 0 Å². The fraction of sp³-hybridized carbons (Fsp3) is 0.333. The number of aryl methyl sites for hydroxylation is 1. The van der Waals surface area contributed by atoms with E-state index >= 15 is 0 Å². The van der Waals surface area contributed by atoms with Crippen molar-refractivity contribution in [2.45, 2.75) is 38.1 Å². The number of pyridine rings is 1. The molecule has 1 heterocycles. The van der Waals surface area contributed by atoms with Gasteiger partial charge in [-0.25, -0.2) is 0 Å². The highest BCUT2D eigenvalue weighted by molar-refractivity contribution is 5.98. The molecule has 0 atom stereocenters. The van der Waals surface area contributed by atoms with E-state index in [9.17, 15) is 4.79 Å². The van der Waals surface area contributed by atoms with Crippen molar-refractivity contribution in [3.8, 4) is 11.5 Å². The first-order chi connectivity index (χ1) is 11.1. The minimum atomic E-state index is -0.723. The topological polar surface area (TPSA) is 77.2 Å². The van der Waals surface area contributed by atoms with Crippen LogP contribution in [0.2, 0.25) is 0 Å². The highest BCUT2D eigenvalue weighted by Gasteiger charge is 2.36. The second-order valence-electron chi connectivity index (χ2n) is 6.09. The van der Waals surface area contributed by atoms with E-state index in [4.69, 9.17) is 10.5 Å². The number of hydrogen-bond donors (Lipinski definition) is 2. The molecule has 1 aromatic carbocycles. The highest BCUT2D eigenvalue weighted by Crippen LogP contribution is 2.30. The molecule has 1 aliphatic carbocycles. The molecule has 0 spiro atoms. The molecule has 1 aliphatic rings. The van der Waals surface area contributed by atoms with Crippen LogP contribution in [0.4, 0.5) is 5.69 Å². The van der Waals surface area contributed by atoms with Gasteiger partial charge in [0.1, 0.15) is 11.5 Å². The zero-order valence-corrected chi connectivity index (χ0v) is 15.7. The summed E-state index contributed by atoms with van der Waals surface area (Å²) in [6.45, 7) is 1.94. The summed E-state index contributed by atoms with van der Waals surface area (Å²) in [5.41, 5.74) is 7.13. The van der Waals surface area contributed by atoms with Gasteiger partial charge < -0.3 is 15.8 Å². The number of nitrogens with zero attached hydrogens (tertiary/aromatic N) is 1. The second-order valence-corrected chi connectivity index (χ2v) is 6.09. The number of aromatic nitrogens is 1. The molecule has 1 aromatic heterocycles. The Kier molecular flexibility index (Phi) is 7.67. The summed E-state index contributed by atoms with van der Waals surface area (Å²) in [6, 6.07) is 9.23. The van der Waals surface area contributed by atoms with Crippen LogP contribution in [0.15, 0.2) is 42.7 Å². The molecular weight excluding hydrogens is 361 g/mol. The number of ether oxygens (including phenoxy) is 1. The van der Waals surface area contributed by atoms with Gasteiger partial charge in [-0.1, -0.05) is 12.8 Å². The maximum absolute atomic E-state index is 12.3. The lowest BCUT2D eigenvalue weighted by Crippen LogP contribution is -2.48. The van der Waals surface area contributed by atoms with Crippen molar-refractivity contribution in [3.63, 3.8) is 0 Å². The third-order valence-electron chi connectivity index (χ3n) is 4.24. The van der Waals surface area contributed by atoms with Gasteiger partial charge in [-0.2, -0.15) is 0 Å². The van der Waals surface area contributed by atoms with Crippen molar-refractivity contribution in [1.29, 1.82) is 0 Å². The van der Waals surface area contributed by atoms with E-state index in [2.05, 4.69) is 10.3 Å². The number of carbonyl (C=O) groups is 1. The molecule has 0 bridgehead atoms. The van der Waals surface area contributed by atoms with E-state index in [0.29, 0.717) is 5.75 Å². The Morgan fingerprint density at radius 2 is 1.96 bits per heavy atom. The van der Waals surface area contributed by atoms with Crippen molar-refractivity contribution in [1.82, 2.24) is 4.98 Å². The highest BCUT2D eigenvalue weighted by atomic mass is 35.5. The molecule has 1 amide bonds. The van der Waals surface area contributed by atoms with Crippen LogP contribution in [0.1, 0.15) is 31.2 Å². The molecule has 7 heteroatoms. The predicted octanol–water partition coefficient (Wildman–Crippen LogP) is 4.24. The van der Waals surface area contributed by atoms with E-state index in [1.165, 1.54) is 0 Å². The van der Waals surface area contributed by atoms with Gasteiger partial charge in [-0.15, -0.1) is 24.8 Å². The first kappa shape index (κ1) is 21.2. The summed E-state index contributed by atoms with van der Waals surface area (Å²) in [7, 11) is 0. The third kappa shape index (κ3) is 5.08. The largest absolute Gasteiger partial charge is 0.455 e. The molecule has 0 radical (unpaired) electrons. The summed E-state index contributed by atoms with van der Waals surface area (Å²) in [5.74, 6) is 1.31. The molecule has 0 aliphatic heterocycles. The summed E-state index contributed by atoms with van der Waals surface area (Å²) < 4.78 is 5.79. The molecule has 1 fully saturated rings. The molecule has 2 aromatic rings. The van der Waals surface area contributed by atoms with Crippen LogP contribution in [0.25, 0.3) is 0 Å². The van der Waals surface area contributed by atoms with Crippen molar-refractivity contribution >= 4 is 36.4 Å². The molecule has 0 saturated heterocycles. The van der Waals surface area contributed by atoms with Crippen molar-refractivity contribution in [2.75, 3.05) is 5.32 Å². The first-order valence-electron chi connectivity index (χ1n) is 7.86. The van der Waals surface area contributed by atoms with Crippen LogP contribution < -0.4 is 15.8 Å². The molecule has 3 N–H and O–H groups in total. The lowest BCUT2D eigenvalue weighted by molar-refractivity contribution is -0.121.